The van der Waals surface area contributed by atoms with Crippen molar-refractivity contribution in [1.29, 1.82) is 0 Å². The van der Waals surface area contributed by atoms with Gasteiger partial charge in [-0.05, 0) is 17.5 Å². The van der Waals surface area contributed by atoms with Crippen LogP contribution in [-0.2, 0) is 13.0 Å². The minimum absolute atomic E-state index is 0. The van der Waals surface area contributed by atoms with E-state index in [2.05, 4.69) is 17.0 Å². The minimum atomic E-state index is -2.41. The number of hydrogen-bond donors (Lipinski definition) is 1. The first-order chi connectivity index (χ1) is 10.7. The van der Waals surface area contributed by atoms with Crippen molar-refractivity contribution in [2.75, 3.05) is 19.6 Å². The standard InChI is InChI=1S/C18H22F2N2.ClH/c19-18(20)17-8-6-16(7-9-17)14-22(13-11-21)12-10-15-4-2-1-3-5-15;/h1-9,18H,10-14,21H2;1H. The van der Waals surface area contributed by atoms with Crippen molar-refractivity contribution < 1.29 is 8.78 Å². The van der Waals surface area contributed by atoms with Crippen LogP contribution < -0.4 is 5.73 Å². The molecule has 0 radical (unpaired) electrons. The molecule has 0 aliphatic heterocycles. The molecule has 0 aliphatic carbocycles. The predicted octanol–water partition coefficient (Wildman–Crippen LogP) is 4.05. The number of benzene rings is 2. The first-order valence-electron chi connectivity index (χ1n) is 7.52. The normalized spacial score (nSPS) is 10.8. The van der Waals surface area contributed by atoms with E-state index in [0.29, 0.717) is 6.54 Å². The maximum absolute atomic E-state index is 12.6. The van der Waals surface area contributed by atoms with Gasteiger partial charge < -0.3 is 5.73 Å². The molecule has 0 amide bonds. The van der Waals surface area contributed by atoms with E-state index in [4.69, 9.17) is 5.73 Å². The zero-order valence-corrected chi connectivity index (χ0v) is 13.8. The Morgan fingerprint density at radius 1 is 0.870 bits per heavy atom. The van der Waals surface area contributed by atoms with Gasteiger partial charge in [0.1, 0.15) is 0 Å². The first kappa shape index (κ1) is 19.6. The average molecular weight is 341 g/mol. The molecule has 23 heavy (non-hydrogen) atoms. The molecule has 2 aromatic carbocycles. The SMILES string of the molecule is Cl.NCCN(CCc1ccccc1)Cc1ccc(C(F)F)cc1. The quantitative estimate of drug-likeness (QED) is 0.785. The van der Waals surface area contributed by atoms with Crippen LogP contribution in [-0.4, -0.2) is 24.5 Å². The van der Waals surface area contributed by atoms with Crippen LogP contribution in [0.25, 0.3) is 0 Å². The predicted molar refractivity (Wildman–Crippen MR) is 93.1 cm³/mol. The molecular formula is C18H23ClF2N2. The molecule has 0 saturated heterocycles. The molecule has 2 N–H and O–H groups in total. The van der Waals surface area contributed by atoms with Crippen molar-refractivity contribution in [3.8, 4) is 0 Å². The topological polar surface area (TPSA) is 29.3 Å². The van der Waals surface area contributed by atoms with Gasteiger partial charge in [-0.15, -0.1) is 12.4 Å². The summed E-state index contributed by atoms with van der Waals surface area (Å²) in [4.78, 5) is 2.25. The number of rotatable bonds is 8. The van der Waals surface area contributed by atoms with E-state index in [1.807, 2.05) is 18.2 Å². The summed E-state index contributed by atoms with van der Waals surface area (Å²) in [6.07, 6.45) is -1.46. The fourth-order valence-electron chi connectivity index (χ4n) is 2.41. The fraction of sp³-hybridized carbons (Fsp3) is 0.333. The van der Waals surface area contributed by atoms with Crippen molar-refractivity contribution in [1.82, 2.24) is 4.90 Å². The molecular weight excluding hydrogens is 318 g/mol. The Kier molecular flexibility index (Phi) is 8.77. The molecule has 0 fully saturated rings. The summed E-state index contributed by atoms with van der Waals surface area (Å²) >= 11 is 0. The Labute approximate surface area is 142 Å². The molecule has 0 aliphatic rings. The molecule has 0 bridgehead atoms. The van der Waals surface area contributed by atoms with Crippen LogP contribution in [0.15, 0.2) is 54.6 Å². The van der Waals surface area contributed by atoms with Crippen LogP contribution in [0.4, 0.5) is 8.78 Å². The van der Waals surface area contributed by atoms with E-state index in [-0.39, 0.29) is 18.0 Å². The van der Waals surface area contributed by atoms with Crippen LogP contribution in [0, 0.1) is 0 Å². The van der Waals surface area contributed by atoms with Crippen LogP contribution in [0.3, 0.4) is 0 Å². The van der Waals surface area contributed by atoms with Gasteiger partial charge in [-0.3, -0.25) is 4.90 Å². The number of alkyl halides is 2. The highest BCUT2D eigenvalue weighted by atomic mass is 35.5. The minimum Gasteiger partial charge on any atom is -0.329 e. The summed E-state index contributed by atoms with van der Waals surface area (Å²) in [6.45, 7) is 3.01. The summed E-state index contributed by atoms with van der Waals surface area (Å²) in [5, 5.41) is 0. The lowest BCUT2D eigenvalue weighted by Crippen LogP contribution is -2.31. The Bertz CT molecular complexity index is 547. The lowest BCUT2D eigenvalue weighted by Gasteiger charge is -2.22. The summed E-state index contributed by atoms with van der Waals surface area (Å²) in [6, 6.07) is 16.8. The van der Waals surface area contributed by atoms with Crippen LogP contribution in [0.1, 0.15) is 23.1 Å². The van der Waals surface area contributed by atoms with E-state index >= 15 is 0 Å². The number of hydrogen-bond acceptors (Lipinski definition) is 2. The van der Waals surface area contributed by atoms with Gasteiger partial charge in [0.25, 0.3) is 6.43 Å². The third-order valence-electron chi connectivity index (χ3n) is 3.64. The van der Waals surface area contributed by atoms with Gasteiger partial charge in [-0.25, -0.2) is 8.78 Å². The second-order valence-electron chi connectivity index (χ2n) is 5.34. The zero-order valence-electron chi connectivity index (χ0n) is 13.0. The van der Waals surface area contributed by atoms with Crippen molar-refractivity contribution in [3.63, 3.8) is 0 Å². The first-order valence-corrected chi connectivity index (χ1v) is 7.52. The zero-order chi connectivity index (χ0) is 15.8. The molecule has 0 aromatic heterocycles. The van der Waals surface area contributed by atoms with Gasteiger partial charge in [0.15, 0.2) is 0 Å². The molecule has 2 aromatic rings. The third-order valence-corrected chi connectivity index (χ3v) is 3.64. The Balaban J connectivity index is 0.00000264. The van der Waals surface area contributed by atoms with Gasteiger partial charge in [0.05, 0.1) is 0 Å². The largest absolute Gasteiger partial charge is 0.329 e. The lowest BCUT2D eigenvalue weighted by molar-refractivity contribution is 0.151. The Morgan fingerprint density at radius 2 is 1.52 bits per heavy atom. The summed E-state index contributed by atoms with van der Waals surface area (Å²) < 4.78 is 25.1. The molecule has 2 nitrogen and oxygen atoms in total. The van der Waals surface area contributed by atoms with Crippen molar-refractivity contribution in [3.05, 3.63) is 71.3 Å². The van der Waals surface area contributed by atoms with Crippen LogP contribution in [0.5, 0.6) is 0 Å². The van der Waals surface area contributed by atoms with E-state index in [1.165, 1.54) is 17.7 Å². The van der Waals surface area contributed by atoms with E-state index in [9.17, 15) is 8.78 Å². The van der Waals surface area contributed by atoms with E-state index in [0.717, 1.165) is 31.6 Å². The summed E-state index contributed by atoms with van der Waals surface area (Å²) in [7, 11) is 0. The monoisotopic (exact) mass is 340 g/mol. The third kappa shape index (κ3) is 6.65. The van der Waals surface area contributed by atoms with E-state index in [1.54, 1.807) is 12.1 Å². The lowest BCUT2D eigenvalue weighted by atomic mass is 10.1. The number of halogens is 3. The van der Waals surface area contributed by atoms with Gasteiger partial charge in [0.2, 0.25) is 0 Å². The smallest absolute Gasteiger partial charge is 0.263 e. The summed E-state index contributed by atoms with van der Waals surface area (Å²) in [5.74, 6) is 0. The maximum Gasteiger partial charge on any atom is 0.263 e. The Morgan fingerprint density at radius 3 is 2.09 bits per heavy atom. The second-order valence-corrected chi connectivity index (χ2v) is 5.34. The molecule has 0 unspecified atom stereocenters. The van der Waals surface area contributed by atoms with Crippen LogP contribution in [0.2, 0.25) is 0 Å². The molecule has 2 rings (SSSR count). The number of nitrogens with zero attached hydrogens (tertiary/aromatic N) is 1. The van der Waals surface area contributed by atoms with Crippen LogP contribution >= 0.6 is 12.4 Å². The Hall–Kier alpha value is -1.49. The highest BCUT2D eigenvalue weighted by Crippen LogP contribution is 2.19. The molecule has 0 saturated carbocycles. The number of nitrogens with two attached hydrogens (primary N) is 1. The van der Waals surface area contributed by atoms with Gasteiger partial charge >= 0.3 is 0 Å². The average Bonchev–Trinajstić information content (AvgIpc) is 2.54. The van der Waals surface area contributed by atoms with Crippen molar-refractivity contribution in [2.45, 2.75) is 19.4 Å². The highest BCUT2D eigenvalue weighted by molar-refractivity contribution is 5.85. The molecule has 0 heterocycles. The summed E-state index contributed by atoms with van der Waals surface area (Å²) in [5.41, 5.74) is 8.07. The van der Waals surface area contributed by atoms with Crippen molar-refractivity contribution in [2.24, 2.45) is 5.73 Å². The van der Waals surface area contributed by atoms with Gasteiger partial charge in [-0.2, -0.15) is 0 Å². The van der Waals surface area contributed by atoms with Gasteiger partial charge in [-0.1, -0.05) is 54.6 Å². The maximum atomic E-state index is 12.6. The van der Waals surface area contributed by atoms with E-state index < -0.39 is 6.43 Å². The fourth-order valence-corrected chi connectivity index (χ4v) is 2.41. The second kappa shape index (κ2) is 10.3. The molecule has 126 valence electrons. The molecule has 0 spiro atoms. The molecule has 0 atom stereocenters. The highest BCUT2D eigenvalue weighted by Gasteiger charge is 2.08. The molecule has 5 heteroatoms. The van der Waals surface area contributed by atoms with Crippen molar-refractivity contribution >= 4 is 12.4 Å². The van der Waals surface area contributed by atoms with Gasteiger partial charge in [0, 0.05) is 31.7 Å².